The average molecular weight is 212 g/mol. The van der Waals surface area contributed by atoms with E-state index in [9.17, 15) is 4.79 Å². The van der Waals surface area contributed by atoms with Crippen molar-refractivity contribution in [2.24, 2.45) is 0 Å². The lowest BCUT2D eigenvalue weighted by atomic mass is 10.2. The Labute approximate surface area is 69.0 Å². The van der Waals surface area contributed by atoms with Crippen LogP contribution in [0.25, 0.3) is 0 Å². The highest BCUT2D eigenvalue weighted by Gasteiger charge is 2.27. The fourth-order valence-electron chi connectivity index (χ4n) is 0.905. The van der Waals surface area contributed by atoms with Crippen LogP contribution in [0, 0.1) is 0 Å². The van der Waals surface area contributed by atoms with Gasteiger partial charge in [0.25, 0.3) is 0 Å². The molecule has 1 rings (SSSR count). The number of halogens is 1. The van der Waals surface area contributed by atoms with E-state index in [1.165, 1.54) is 0 Å². The molecule has 0 aliphatic carbocycles. The third-order valence-electron chi connectivity index (χ3n) is 1.41. The molecule has 5 heteroatoms. The Bertz CT molecular complexity index is 130. The van der Waals surface area contributed by atoms with E-state index in [-0.39, 0.29) is 17.0 Å². The van der Waals surface area contributed by atoms with E-state index in [0.717, 1.165) is 0 Å². The Hall–Kier alpha value is -0.130. The molecule has 0 aromatic heterocycles. The van der Waals surface area contributed by atoms with Crippen molar-refractivity contribution in [3.8, 4) is 0 Å². The van der Waals surface area contributed by atoms with Gasteiger partial charge in [0.15, 0.2) is 0 Å². The van der Waals surface area contributed by atoms with Crippen molar-refractivity contribution in [1.82, 2.24) is 5.32 Å². The first-order valence-corrected chi connectivity index (χ1v) is 2.84. The number of aliphatic carboxylic acids is 1. The van der Waals surface area contributed by atoms with Crippen LogP contribution in [0.2, 0.25) is 0 Å². The van der Waals surface area contributed by atoms with Crippen LogP contribution in [0.15, 0.2) is 0 Å². The van der Waals surface area contributed by atoms with Gasteiger partial charge >= 0.3 is 5.97 Å². The number of carboxylic acid groups (broad SMARTS) is 1. The van der Waals surface area contributed by atoms with Crippen molar-refractivity contribution in [3.63, 3.8) is 0 Å². The molecule has 1 heterocycles. The van der Waals surface area contributed by atoms with Crippen LogP contribution in [-0.4, -0.2) is 34.9 Å². The highest BCUT2D eigenvalue weighted by atomic mass is 79.9. The van der Waals surface area contributed by atoms with Gasteiger partial charge in [0.2, 0.25) is 0 Å². The number of nitrogens with one attached hydrogen (secondary N) is 1. The van der Waals surface area contributed by atoms with Gasteiger partial charge in [-0.25, -0.2) is 0 Å². The van der Waals surface area contributed by atoms with Crippen LogP contribution >= 0.6 is 17.0 Å². The van der Waals surface area contributed by atoms with Crippen LogP contribution in [0.5, 0.6) is 0 Å². The smallest absolute Gasteiger partial charge is 0.320 e. The number of hydrogen-bond donors (Lipinski definition) is 3. The van der Waals surface area contributed by atoms with Crippen molar-refractivity contribution in [3.05, 3.63) is 0 Å². The lowest BCUT2D eigenvalue weighted by molar-refractivity contribution is -0.139. The molecule has 0 aromatic carbocycles. The molecule has 0 saturated carbocycles. The molecular weight excluding hydrogens is 202 g/mol. The molecule has 0 radical (unpaired) electrons. The average Bonchev–Trinajstić information content (AvgIpc) is 2.14. The second-order valence-electron chi connectivity index (χ2n) is 2.19. The van der Waals surface area contributed by atoms with E-state index in [1.807, 2.05) is 0 Å². The van der Waals surface area contributed by atoms with Crippen LogP contribution in [0.4, 0.5) is 0 Å². The number of carbonyl (C=O) groups is 1. The minimum atomic E-state index is -0.883. The van der Waals surface area contributed by atoms with Gasteiger partial charge in [-0.2, -0.15) is 0 Å². The second-order valence-corrected chi connectivity index (χ2v) is 2.19. The van der Waals surface area contributed by atoms with Crippen molar-refractivity contribution < 1.29 is 15.0 Å². The topological polar surface area (TPSA) is 69.6 Å². The van der Waals surface area contributed by atoms with E-state index < -0.39 is 18.1 Å². The number of rotatable bonds is 1. The zero-order chi connectivity index (χ0) is 6.85. The summed E-state index contributed by atoms with van der Waals surface area (Å²) in [7, 11) is 0. The SMILES string of the molecule is Br.O=C(O)[C@H]1C[C@@H](O)CN1. The predicted octanol–water partition coefficient (Wildman–Crippen LogP) is -0.628. The quantitative estimate of drug-likeness (QED) is 0.541. The Kier molecular flexibility index (Phi) is 3.85. The lowest BCUT2D eigenvalue weighted by Crippen LogP contribution is -2.29. The third kappa shape index (κ3) is 2.24. The maximum absolute atomic E-state index is 10.2. The van der Waals surface area contributed by atoms with Gasteiger partial charge in [0, 0.05) is 13.0 Å². The third-order valence-corrected chi connectivity index (χ3v) is 1.41. The number of carboxylic acids is 1. The van der Waals surface area contributed by atoms with E-state index in [0.29, 0.717) is 13.0 Å². The van der Waals surface area contributed by atoms with Crippen LogP contribution < -0.4 is 5.32 Å². The van der Waals surface area contributed by atoms with Crippen molar-refractivity contribution in [2.75, 3.05) is 6.54 Å². The second kappa shape index (κ2) is 3.90. The van der Waals surface area contributed by atoms with Gasteiger partial charge in [0.1, 0.15) is 6.04 Å². The molecule has 0 bridgehead atoms. The van der Waals surface area contributed by atoms with Crippen LogP contribution in [-0.2, 0) is 4.79 Å². The summed E-state index contributed by atoms with van der Waals surface area (Å²) < 4.78 is 0. The van der Waals surface area contributed by atoms with E-state index in [2.05, 4.69) is 5.32 Å². The van der Waals surface area contributed by atoms with Gasteiger partial charge < -0.3 is 15.5 Å². The molecule has 60 valence electrons. The normalized spacial score (nSPS) is 31.3. The molecule has 1 saturated heterocycles. The van der Waals surface area contributed by atoms with Gasteiger partial charge in [-0.15, -0.1) is 17.0 Å². The molecule has 0 spiro atoms. The predicted molar refractivity (Wildman–Crippen MR) is 40.4 cm³/mol. The molecular formula is C5H10BrNO3. The summed E-state index contributed by atoms with van der Waals surface area (Å²) in [5.74, 6) is -0.883. The maximum Gasteiger partial charge on any atom is 0.320 e. The molecule has 10 heavy (non-hydrogen) atoms. The first-order chi connectivity index (χ1) is 4.20. The molecule has 1 aliphatic heterocycles. The maximum atomic E-state index is 10.2. The first kappa shape index (κ1) is 9.87. The number of hydrogen-bond acceptors (Lipinski definition) is 3. The lowest BCUT2D eigenvalue weighted by Gasteiger charge is -1.99. The zero-order valence-corrected chi connectivity index (χ0v) is 6.99. The summed E-state index contributed by atoms with van der Waals surface area (Å²) in [5.41, 5.74) is 0. The summed E-state index contributed by atoms with van der Waals surface area (Å²) in [6.07, 6.45) is -0.152. The van der Waals surface area contributed by atoms with Gasteiger partial charge in [-0.3, -0.25) is 4.79 Å². The molecule has 2 atom stereocenters. The summed E-state index contributed by atoms with van der Waals surface area (Å²) in [6, 6.07) is -0.542. The largest absolute Gasteiger partial charge is 0.480 e. The first-order valence-electron chi connectivity index (χ1n) is 2.84. The van der Waals surface area contributed by atoms with Gasteiger partial charge in [-0.1, -0.05) is 0 Å². The van der Waals surface area contributed by atoms with Gasteiger partial charge in [0.05, 0.1) is 6.10 Å². The highest BCUT2D eigenvalue weighted by molar-refractivity contribution is 8.93. The van der Waals surface area contributed by atoms with Crippen LogP contribution in [0.1, 0.15) is 6.42 Å². The summed E-state index contributed by atoms with van der Waals surface area (Å²) in [5, 5.41) is 19.8. The Balaban J connectivity index is 0.000000810. The Morgan fingerprint density at radius 2 is 2.20 bits per heavy atom. The Morgan fingerprint density at radius 1 is 1.60 bits per heavy atom. The fourth-order valence-corrected chi connectivity index (χ4v) is 0.905. The summed E-state index contributed by atoms with van der Waals surface area (Å²) in [6.45, 7) is 0.400. The number of aliphatic hydroxyl groups excluding tert-OH is 1. The van der Waals surface area contributed by atoms with E-state index in [1.54, 1.807) is 0 Å². The number of β-amino-alcohol motifs (C(OH)–C–C–N with tert-alkyl or cyclic N) is 1. The molecule has 1 fully saturated rings. The van der Waals surface area contributed by atoms with Gasteiger partial charge in [-0.05, 0) is 0 Å². The van der Waals surface area contributed by atoms with E-state index >= 15 is 0 Å². The Morgan fingerprint density at radius 3 is 2.40 bits per heavy atom. The number of aliphatic hydroxyl groups is 1. The summed E-state index contributed by atoms with van der Waals surface area (Å²) >= 11 is 0. The minimum absolute atomic E-state index is 0. The molecule has 0 aromatic rings. The monoisotopic (exact) mass is 211 g/mol. The zero-order valence-electron chi connectivity index (χ0n) is 5.28. The van der Waals surface area contributed by atoms with E-state index in [4.69, 9.17) is 10.2 Å². The highest BCUT2D eigenvalue weighted by Crippen LogP contribution is 2.05. The van der Waals surface area contributed by atoms with Crippen LogP contribution in [0.3, 0.4) is 0 Å². The van der Waals surface area contributed by atoms with Crippen molar-refractivity contribution in [2.45, 2.75) is 18.6 Å². The molecule has 0 amide bonds. The standard InChI is InChI=1S/C5H9NO3.BrH/c7-3-1-4(5(8)9)6-2-3;/h3-4,6-7H,1-2H2,(H,8,9);1H/t3-,4-;/m1./s1. The molecule has 1 aliphatic rings. The molecule has 0 unspecified atom stereocenters. The van der Waals surface area contributed by atoms with Crippen molar-refractivity contribution in [1.29, 1.82) is 0 Å². The fraction of sp³-hybridized carbons (Fsp3) is 0.800. The molecule has 4 nitrogen and oxygen atoms in total. The molecule has 3 N–H and O–H groups in total. The minimum Gasteiger partial charge on any atom is -0.480 e. The summed E-state index contributed by atoms with van der Waals surface area (Å²) in [4.78, 5) is 10.2. The van der Waals surface area contributed by atoms with Crippen molar-refractivity contribution >= 4 is 23.0 Å².